The molecule has 1 heterocycles. The van der Waals surface area contributed by atoms with E-state index in [1.54, 1.807) is 6.20 Å². The smallest absolute Gasteiger partial charge is 0.0558 e. The second-order valence-electron chi connectivity index (χ2n) is 3.21. The normalized spacial score (nSPS) is 10.8. The molecule has 0 amide bonds. The van der Waals surface area contributed by atoms with Crippen molar-refractivity contribution in [1.29, 1.82) is 0 Å². The Balaban J connectivity index is 2.58. The standard InChI is InChI=1S/C10H16N2O/c1-9-10(4-3-5-11-9)8-12(2)6-7-13/h3-5,13H,6-8H2,1-2H3. The summed E-state index contributed by atoms with van der Waals surface area (Å²) >= 11 is 0. The topological polar surface area (TPSA) is 36.4 Å². The van der Waals surface area contributed by atoms with Gasteiger partial charge in [-0.2, -0.15) is 0 Å². The quantitative estimate of drug-likeness (QED) is 0.745. The molecule has 1 aromatic heterocycles. The number of likely N-dealkylation sites (N-methyl/N-ethyl adjacent to an activating group) is 1. The van der Waals surface area contributed by atoms with E-state index in [0.717, 1.165) is 12.2 Å². The third kappa shape index (κ3) is 3.13. The summed E-state index contributed by atoms with van der Waals surface area (Å²) < 4.78 is 0. The van der Waals surface area contributed by atoms with Gasteiger partial charge in [0.1, 0.15) is 0 Å². The number of hydrogen-bond donors (Lipinski definition) is 1. The zero-order chi connectivity index (χ0) is 9.68. The molecular formula is C10H16N2O. The van der Waals surface area contributed by atoms with Crippen LogP contribution >= 0.6 is 0 Å². The lowest BCUT2D eigenvalue weighted by molar-refractivity contribution is 0.217. The van der Waals surface area contributed by atoms with E-state index in [1.165, 1.54) is 5.56 Å². The van der Waals surface area contributed by atoms with Crippen molar-refractivity contribution in [3.05, 3.63) is 29.6 Å². The van der Waals surface area contributed by atoms with Crippen LogP contribution in [0.4, 0.5) is 0 Å². The van der Waals surface area contributed by atoms with Gasteiger partial charge in [0, 0.05) is 25.0 Å². The van der Waals surface area contributed by atoms with E-state index >= 15 is 0 Å². The fourth-order valence-electron chi connectivity index (χ4n) is 1.23. The molecule has 1 rings (SSSR count). The van der Waals surface area contributed by atoms with E-state index in [2.05, 4.69) is 16.0 Å². The first-order chi connectivity index (χ1) is 6.24. The maximum atomic E-state index is 8.73. The number of aryl methyl sites for hydroxylation is 1. The van der Waals surface area contributed by atoms with Crippen LogP contribution in [0, 0.1) is 6.92 Å². The largest absolute Gasteiger partial charge is 0.395 e. The summed E-state index contributed by atoms with van der Waals surface area (Å²) in [5.41, 5.74) is 2.28. The summed E-state index contributed by atoms with van der Waals surface area (Å²) in [4.78, 5) is 6.28. The molecule has 72 valence electrons. The lowest BCUT2D eigenvalue weighted by Gasteiger charge is -2.15. The molecule has 3 nitrogen and oxygen atoms in total. The first-order valence-electron chi connectivity index (χ1n) is 4.44. The van der Waals surface area contributed by atoms with Gasteiger partial charge in [-0.1, -0.05) is 6.07 Å². The third-order valence-corrected chi connectivity index (χ3v) is 2.04. The number of nitrogens with zero attached hydrogens (tertiary/aromatic N) is 2. The van der Waals surface area contributed by atoms with Gasteiger partial charge in [-0.25, -0.2) is 0 Å². The Morgan fingerprint density at radius 2 is 2.31 bits per heavy atom. The molecule has 0 aliphatic heterocycles. The van der Waals surface area contributed by atoms with Gasteiger partial charge in [0.05, 0.1) is 6.61 Å². The molecule has 1 aromatic rings. The summed E-state index contributed by atoms with van der Waals surface area (Å²) in [6.45, 7) is 3.76. The van der Waals surface area contributed by atoms with E-state index in [0.29, 0.717) is 6.54 Å². The van der Waals surface area contributed by atoms with Crippen LogP contribution in [-0.2, 0) is 6.54 Å². The van der Waals surface area contributed by atoms with Crippen LogP contribution in [0.3, 0.4) is 0 Å². The average molecular weight is 180 g/mol. The molecule has 0 spiro atoms. The fourth-order valence-corrected chi connectivity index (χ4v) is 1.23. The summed E-state index contributed by atoms with van der Waals surface area (Å²) in [6.07, 6.45) is 1.80. The predicted molar refractivity (Wildman–Crippen MR) is 52.4 cm³/mol. The van der Waals surface area contributed by atoms with Crippen molar-refractivity contribution in [1.82, 2.24) is 9.88 Å². The minimum Gasteiger partial charge on any atom is -0.395 e. The second-order valence-corrected chi connectivity index (χ2v) is 3.21. The van der Waals surface area contributed by atoms with Crippen molar-refractivity contribution < 1.29 is 5.11 Å². The Labute approximate surface area is 79.0 Å². The lowest BCUT2D eigenvalue weighted by Crippen LogP contribution is -2.22. The van der Waals surface area contributed by atoms with E-state index in [1.807, 2.05) is 20.0 Å². The predicted octanol–water partition coefficient (Wildman–Crippen LogP) is 0.814. The SMILES string of the molecule is Cc1ncccc1CN(C)CCO. The maximum absolute atomic E-state index is 8.73. The molecule has 0 fully saturated rings. The van der Waals surface area contributed by atoms with E-state index in [4.69, 9.17) is 5.11 Å². The number of hydrogen-bond acceptors (Lipinski definition) is 3. The van der Waals surface area contributed by atoms with E-state index < -0.39 is 0 Å². The van der Waals surface area contributed by atoms with Gasteiger partial charge in [-0.05, 0) is 25.6 Å². The monoisotopic (exact) mass is 180 g/mol. The van der Waals surface area contributed by atoms with Crippen LogP contribution in [0.2, 0.25) is 0 Å². The van der Waals surface area contributed by atoms with Gasteiger partial charge in [-0.15, -0.1) is 0 Å². The van der Waals surface area contributed by atoms with Gasteiger partial charge < -0.3 is 5.11 Å². The van der Waals surface area contributed by atoms with Crippen molar-refractivity contribution in [3.63, 3.8) is 0 Å². The number of aliphatic hydroxyl groups excluding tert-OH is 1. The molecule has 1 N–H and O–H groups in total. The maximum Gasteiger partial charge on any atom is 0.0558 e. The second kappa shape index (κ2) is 4.94. The molecule has 0 saturated heterocycles. The van der Waals surface area contributed by atoms with Crippen LogP contribution in [0.1, 0.15) is 11.3 Å². The Morgan fingerprint density at radius 3 is 2.92 bits per heavy atom. The molecule has 0 unspecified atom stereocenters. The van der Waals surface area contributed by atoms with Crippen molar-refractivity contribution >= 4 is 0 Å². The first-order valence-corrected chi connectivity index (χ1v) is 4.44. The summed E-state index contributed by atoms with van der Waals surface area (Å²) in [5, 5.41) is 8.73. The Kier molecular flexibility index (Phi) is 3.86. The van der Waals surface area contributed by atoms with Crippen LogP contribution in [0.25, 0.3) is 0 Å². The van der Waals surface area contributed by atoms with Crippen molar-refractivity contribution in [2.45, 2.75) is 13.5 Å². The molecule has 0 atom stereocenters. The van der Waals surface area contributed by atoms with Gasteiger partial charge in [0.15, 0.2) is 0 Å². The van der Waals surface area contributed by atoms with Gasteiger partial charge >= 0.3 is 0 Å². The first kappa shape index (κ1) is 10.2. The summed E-state index contributed by atoms with van der Waals surface area (Å²) in [5.74, 6) is 0. The van der Waals surface area contributed by atoms with E-state index in [-0.39, 0.29) is 6.61 Å². The van der Waals surface area contributed by atoms with Crippen molar-refractivity contribution in [3.8, 4) is 0 Å². The minimum absolute atomic E-state index is 0.204. The minimum atomic E-state index is 0.204. The lowest BCUT2D eigenvalue weighted by atomic mass is 10.2. The average Bonchev–Trinajstić information content (AvgIpc) is 2.09. The summed E-state index contributed by atoms with van der Waals surface area (Å²) in [6, 6.07) is 4.01. The molecule has 0 aromatic carbocycles. The van der Waals surface area contributed by atoms with Crippen LogP contribution in [0.15, 0.2) is 18.3 Å². The zero-order valence-corrected chi connectivity index (χ0v) is 8.20. The Morgan fingerprint density at radius 1 is 1.54 bits per heavy atom. The highest BCUT2D eigenvalue weighted by atomic mass is 16.3. The van der Waals surface area contributed by atoms with Gasteiger partial charge in [0.2, 0.25) is 0 Å². The molecular weight excluding hydrogens is 164 g/mol. The number of pyridine rings is 1. The van der Waals surface area contributed by atoms with Crippen LogP contribution < -0.4 is 0 Å². The van der Waals surface area contributed by atoms with Crippen LogP contribution in [-0.4, -0.2) is 35.2 Å². The molecule has 0 aliphatic rings. The highest BCUT2D eigenvalue weighted by Gasteiger charge is 2.01. The number of rotatable bonds is 4. The van der Waals surface area contributed by atoms with Crippen molar-refractivity contribution in [2.24, 2.45) is 0 Å². The van der Waals surface area contributed by atoms with Crippen LogP contribution in [0.5, 0.6) is 0 Å². The molecule has 0 bridgehead atoms. The van der Waals surface area contributed by atoms with E-state index in [9.17, 15) is 0 Å². The molecule has 0 saturated carbocycles. The third-order valence-electron chi connectivity index (χ3n) is 2.04. The Bertz CT molecular complexity index is 263. The van der Waals surface area contributed by atoms with Crippen molar-refractivity contribution in [2.75, 3.05) is 20.2 Å². The molecule has 0 radical (unpaired) electrons. The highest BCUT2D eigenvalue weighted by molar-refractivity contribution is 5.17. The highest BCUT2D eigenvalue weighted by Crippen LogP contribution is 2.05. The molecule has 3 heteroatoms. The number of aromatic nitrogens is 1. The fraction of sp³-hybridized carbons (Fsp3) is 0.500. The molecule has 0 aliphatic carbocycles. The number of aliphatic hydroxyl groups is 1. The molecule has 13 heavy (non-hydrogen) atoms. The zero-order valence-electron chi connectivity index (χ0n) is 8.20. The van der Waals surface area contributed by atoms with Gasteiger partial charge in [0.25, 0.3) is 0 Å². The summed E-state index contributed by atoms with van der Waals surface area (Å²) in [7, 11) is 1.99. The van der Waals surface area contributed by atoms with Gasteiger partial charge in [-0.3, -0.25) is 9.88 Å². The Hall–Kier alpha value is -0.930.